The van der Waals surface area contributed by atoms with Crippen LogP contribution in [0.5, 0.6) is 0 Å². The van der Waals surface area contributed by atoms with Crippen LogP contribution >= 0.6 is 11.8 Å². The van der Waals surface area contributed by atoms with Crippen molar-refractivity contribution in [3.05, 3.63) is 24.2 Å². The fourth-order valence-corrected chi connectivity index (χ4v) is 2.18. The maximum Gasteiger partial charge on any atom is 0.122 e. The van der Waals surface area contributed by atoms with Gasteiger partial charge in [-0.3, -0.25) is 4.90 Å². The van der Waals surface area contributed by atoms with E-state index in [-0.39, 0.29) is 12.1 Å². The van der Waals surface area contributed by atoms with Gasteiger partial charge in [0.15, 0.2) is 0 Å². The minimum atomic E-state index is 0.0722. The Morgan fingerprint density at radius 3 is 2.80 bits per heavy atom. The van der Waals surface area contributed by atoms with Crippen molar-refractivity contribution in [2.75, 3.05) is 25.6 Å². The van der Waals surface area contributed by atoms with Crippen molar-refractivity contribution in [1.82, 2.24) is 4.90 Å². The zero-order valence-corrected chi connectivity index (χ0v) is 10.5. The smallest absolute Gasteiger partial charge is 0.122 e. The van der Waals surface area contributed by atoms with Gasteiger partial charge in [0.05, 0.1) is 12.3 Å². The van der Waals surface area contributed by atoms with Gasteiger partial charge in [-0.15, -0.1) is 0 Å². The number of likely N-dealkylation sites (N-methyl/N-ethyl adjacent to an activating group) is 1. The summed E-state index contributed by atoms with van der Waals surface area (Å²) in [6, 6.07) is 4.15. The Hall–Kier alpha value is -0.450. The van der Waals surface area contributed by atoms with Gasteiger partial charge in [-0.25, -0.2) is 0 Å². The Morgan fingerprint density at radius 1 is 1.60 bits per heavy atom. The van der Waals surface area contributed by atoms with Crippen LogP contribution < -0.4 is 5.73 Å². The molecule has 0 aliphatic carbocycles. The monoisotopic (exact) mass is 228 g/mol. The van der Waals surface area contributed by atoms with Crippen molar-refractivity contribution in [2.24, 2.45) is 5.73 Å². The lowest BCUT2D eigenvalue weighted by Crippen LogP contribution is -2.38. The molecule has 1 rings (SSSR count). The standard InChI is InChI=1S/C11H20N2OS/c1-9(12)11(10-5-4-7-14-10)13(2)6-8-15-3/h4-5,7,9,11H,6,8,12H2,1-3H3. The molecular weight excluding hydrogens is 208 g/mol. The lowest BCUT2D eigenvalue weighted by Gasteiger charge is -2.29. The van der Waals surface area contributed by atoms with Crippen molar-refractivity contribution < 1.29 is 4.42 Å². The number of thioether (sulfide) groups is 1. The van der Waals surface area contributed by atoms with Crippen LogP contribution in [0.25, 0.3) is 0 Å². The van der Waals surface area contributed by atoms with E-state index in [1.54, 1.807) is 6.26 Å². The van der Waals surface area contributed by atoms with Crippen molar-refractivity contribution in [3.8, 4) is 0 Å². The van der Waals surface area contributed by atoms with Gasteiger partial charge in [-0.05, 0) is 32.4 Å². The van der Waals surface area contributed by atoms with Crippen molar-refractivity contribution >= 4 is 11.8 Å². The molecule has 2 N–H and O–H groups in total. The summed E-state index contributed by atoms with van der Waals surface area (Å²) in [5.41, 5.74) is 5.99. The van der Waals surface area contributed by atoms with Crippen molar-refractivity contribution in [2.45, 2.75) is 19.0 Å². The quantitative estimate of drug-likeness (QED) is 0.808. The highest BCUT2D eigenvalue weighted by Gasteiger charge is 2.22. The summed E-state index contributed by atoms with van der Waals surface area (Å²) in [6.45, 7) is 3.04. The molecule has 0 spiro atoms. The molecule has 3 nitrogen and oxygen atoms in total. The van der Waals surface area contributed by atoms with Gasteiger partial charge < -0.3 is 10.2 Å². The van der Waals surface area contributed by atoms with Crippen LogP contribution in [0, 0.1) is 0 Å². The minimum Gasteiger partial charge on any atom is -0.468 e. The van der Waals surface area contributed by atoms with Gasteiger partial charge in [0.25, 0.3) is 0 Å². The molecule has 0 saturated carbocycles. The molecule has 0 saturated heterocycles. The lowest BCUT2D eigenvalue weighted by atomic mass is 10.1. The highest BCUT2D eigenvalue weighted by atomic mass is 32.2. The maximum absolute atomic E-state index is 5.99. The summed E-state index contributed by atoms with van der Waals surface area (Å²) in [7, 11) is 2.09. The van der Waals surface area contributed by atoms with Crippen LogP contribution in [0.2, 0.25) is 0 Å². The number of rotatable bonds is 6. The molecule has 0 radical (unpaired) electrons. The van der Waals surface area contributed by atoms with E-state index in [1.807, 2.05) is 30.8 Å². The van der Waals surface area contributed by atoms with Gasteiger partial charge >= 0.3 is 0 Å². The SMILES string of the molecule is CSCCN(C)C(c1ccco1)C(C)N. The van der Waals surface area contributed by atoms with E-state index in [0.717, 1.165) is 18.1 Å². The van der Waals surface area contributed by atoms with E-state index in [4.69, 9.17) is 10.2 Å². The van der Waals surface area contributed by atoms with E-state index >= 15 is 0 Å². The third kappa shape index (κ3) is 3.55. The second-order valence-electron chi connectivity index (χ2n) is 3.79. The Balaban J connectivity index is 2.66. The third-order valence-electron chi connectivity index (χ3n) is 2.46. The van der Waals surface area contributed by atoms with Gasteiger partial charge in [-0.2, -0.15) is 11.8 Å². The summed E-state index contributed by atoms with van der Waals surface area (Å²) in [5.74, 6) is 2.06. The zero-order valence-electron chi connectivity index (χ0n) is 9.64. The fraction of sp³-hybridized carbons (Fsp3) is 0.636. The Bertz CT molecular complexity index is 262. The molecule has 0 bridgehead atoms. The van der Waals surface area contributed by atoms with Crippen LogP contribution in [0.3, 0.4) is 0 Å². The predicted molar refractivity (Wildman–Crippen MR) is 66.1 cm³/mol. The van der Waals surface area contributed by atoms with E-state index in [9.17, 15) is 0 Å². The lowest BCUT2D eigenvalue weighted by molar-refractivity contribution is 0.202. The van der Waals surface area contributed by atoms with Crippen LogP contribution in [-0.2, 0) is 0 Å². The van der Waals surface area contributed by atoms with Gasteiger partial charge in [0, 0.05) is 18.3 Å². The summed E-state index contributed by atoms with van der Waals surface area (Å²) < 4.78 is 5.43. The van der Waals surface area contributed by atoms with E-state index < -0.39 is 0 Å². The summed E-state index contributed by atoms with van der Waals surface area (Å²) in [5, 5.41) is 0. The number of nitrogens with zero attached hydrogens (tertiary/aromatic N) is 1. The van der Waals surface area contributed by atoms with Gasteiger partial charge in [0.1, 0.15) is 5.76 Å². The molecule has 1 aromatic heterocycles. The third-order valence-corrected chi connectivity index (χ3v) is 3.05. The topological polar surface area (TPSA) is 42.4 Å². The van der Waals surface area contributed by atoms with E-state index in [1.165, 1.54) is 0 Å². The minimum absolute atomic E-state index is 0.0722. The first-order valence-electron chi connectivity index (χ1n) is 5.15. The highest BCUT2D eigenvalue weighted by Crippen LogP contribution is 2.22. The van der Waals surface area contributed by atoms with Crippen molar-refractivity contribution in [3.63, 3.8) is 0 Å². The first-order chi connectivity index (χ1) is 7.16. The normalized spacial score (nSPS) is 15.5. The average Bonchev–Trinajstić information content (AvgIpc) is 2.67. The predicted octanol–water partition coefficient (Wildman–Crippen LogP) is 1.96. The first-order valence-corrected chi connectivity index (χ1v) is 6.54. The van der Waals surface area contributed by atoms with E-state index in [0.29, 0.717) is 0 Å². The van der Waals surface area contributed by atoms with Gasteiger partial charge in [0.2, 0.25) is 0 Å². The molecular formula is C11H20N2OS. The summed E-state index contributed by atoms with van der Waals surface area (Å²) in [6.07, 6.45) is 3.81. The summed E-state index contributed by atoms with van der Waals surface area (Å²) >= 11 is 1.84. The highest BCUT2D eigenvalue weighted by molar-refractivity contribution is 7.98. The first kappa shape index (κ1) is 12.6. The molecule has 1 heterocycles. The fourth-order valence-electron chi connectivity index (χ4n) is 1.71. The van der Waals surface area contributed by atoms with Crippen molar-refractivity contribution in [1.29, 1.82) is 0 Å². The maximum atomic E-state index is 5.99. The molecule has 0 fully saturated rings. The van der Waals surface area contributed by atoms with Crippen LogP contribution in [-0.4, -0.2) is 36.5 Å². The van der Waals surface area contributed by atoms with Crippen LogP contribution in [0.15, 0.2) is 22.8 Å². The molecule has 86 valence electrons. The van der Waals surface area contributed by atoms with E-state index in [2.05, 4.69) is 18.2 Å². The average molecular weight is 228 g/mol. The Labute approximate surface area is 96.0 Å². The molecule has 0 aliphatic rings. The molecule has 2 atom stereocenters. The van der Waals surface area contributed by atoms with Crippen LogP contribution in [0.1, 0.15) is 18.7 Å². The van der Waals surface area contributed by atoms with Crippen LogP contribution in [0.4, 0.5) is 0 Å². The Kier molecular flexibility index (Phi) is 5.22. The molecule has 0 amide bonds. The number of hydrogen-bond donors (Lipinski definition) is 1. The second-order valence-corrected chi connectivity index (χ2v) is 4.78. The molecule has 0 aromatic carbocycles. The largest absolute Gasteiger partial charge is 0.468 e. The number of hydrogen-bond acceptors (Lipinski definition) is 4. The van der Waals surface area contributed by atoms with Gasteiger partial charge in [-0.1, -0.05) is 0 Å². The molecule has 4 heteroatoms. The molecule has 1 aromatic rings. The number of nitrogens with two attached hydrogens (primary N) is 1. The molecule has 2 unspecified atom stereocenters. The Morgan fingerprint density at radius 2 is 2.33 bits per heavy atom. The molecule has 0 aliphatic heterocycles. The second kappa shape index (κ2) is 6.20. The zero-order chi connectivity index (χ0) is 11.3. The number of furan rings is 1. The molecule has 15 heavy (non-hydrogen) atoms. The summed E-state index contributed by atoms with van der Waals surface area (Å²) in [4.78, 5) is 2.25.